The van der Waals surface area contributed by atoms with Crippen molar-refractivity contribution >= 4 is 51.4 Å². The van der Waals surface area contributed by atoms with Gasteiger partial charge in [0.15, 0.2) is 0 Å². The Bertz CT molecular complexity index is 2060. The average Bonchev–Trinajstić information content (AvgIpc) is 3.02. The molecule has 0 aliphatic heterocycles. The molecule has 0 saturated heterocycles. The lowest BCUT2D eigenvalue weighted by Gasteiger charge is -2.35. The predicted molar refractivity (Wildman–Crippen MR) is 194 cm³/mol. The van der Waals surface area contributed by atoms with Crippen LogP contribution in [0.5, 0.6) is 0 Å². The molecule has 0 bridgehead atoms. The van der Waals surface area contributed by atoms with E-state index in [4.69, 9.17) is 0 Å². The van der Waals surface area contributed by atoms with Gasteiger partial charge in [-0.2, -0.15) is 0 Å². The predicted octanol–water partition coefficient (Wildman–Crippen LogP) is 10.6. The first-order valence-corrected chi connectivity index (χ1v) is 16.2. The largest absolute Gasteiger partial charge is 0.310 e. The molecule has 0 unspecified atom stereocenters. The second kappa shape index (κ2) is 11.6. The number of anilines is 5. The molecule has 2 aliphatic rings. The van der Waals surface area contributed by atoms with Gasteiger partial charge >= 0.3 is 0 Å². The van der Waals surface area contributed by atoms with Gasteiger partial charge in [0.2, 0.25) is 0 Å². The molecule has 0 atom stereocenters. The number of hydrogen-bond acceptors (Lipinski definition) is 2. The Morgan fingerprint density at radius 1 is 0.556 bits per heavy atom. The summed E-state index contributed by atoms with van der Waals surface area (Å²) in [5.41, 5.74) is 11.1. The molecule has 0 spiro atoms. The normalized spacial score (nSPS) is 15.1. The van der Waals surface area contributed by atoms with Gasteiger partial charge in [-0.25, -0.2) is 0 Å². The maximum absolute atomic E-state index is 2.52. The van der Waals surface area contributed by atoms with E-state index in [0.717, 1.165) is 19.3 Å². The number of hydrogen-bond donors (Lipinski definition) is 0. The van der Waals surface area contributed by atoms with Crippen molar-refractivity contribution in [2.75, 3.05) is 9.80 Å². The molecule has 224 valence electrons. The summed E-state index contributed by atoms with van der Waals surface area (Å²) < 4.78 is 0. The molecule has 2 aliphatic carbocycles. The number of aryl methyl sites for hydroxylation is 3. The van der Waals surface area contributed by atoms with Crippen molar-refractivity contribution in [2.24, 2.45) is 5.41 Å². The molecular weight excluding hydrogens is 544 g/mol. The molecule has 5 aromatic rings. The molecule has 45 heavy (non-hydrogen) atoms. The van der Waals surface area contributed by atoms with Gasteiger partial charge in [-0.3, -0.25) is 0 Å². The van der Waals surface area contributed by atoms with Crippen LogP contribution < -0.4 is 20.2 Å². The fourth-order valence-electron chi connectivity index (χ4n) is 7.04. The lowest BCUT2D eigenvalue weighted by atomic mass is 9.84. The smallest absolute Gasteiger partial charge is 0.0616 e. The van der Waals surface area contributed by atoms with Crippen LogP contribution in [0.3, 0.4) is 0 Å². The quantitative estimate of drug-likeness (QED) is 0.183. The molecule has 5 aromatic carbocycles. The molecule has 0 aromatic heterocycles. The minimum atomic E-state index is 0.0743. The Labute approximate surface area is 268 Å². The fraction of sp³-hybridized carbons (Fsp3) is 0.209. The van der Waals surface area contributed by atoms with Crippen LogP contribution in [-0.2, 0) is 0 Å². The Balaban J connectivity index is 1.62. The average molecular weight is 587 g/mol. The van der Waals surface area contributed by atoms with Crippen LogP contribution in [0.4, 0.5) is 28.4 Å². The van der Waals surface area contributed by atoms with E-state index in [1.807, 2.05) is 0 Å². The maximum Gasteiger partial charge on any atom is 0.0616 e. The zero-order chi connectivity index (χ0) is 31.1. The monoisotopic (exact) mass is 586 g/mol. The molecule has 0 saturated carbocycles. The van der Waals surface area contributed by atoms with Gasteiger partial charge in [0.05, 0.1) is 11.4 Å². The maximum atomic E-state index is 2.52. The van der Waals surface area contributed by atoms with Crippen molar-refractivity contribution in [1.82, 2.24) is 0 Å². The second-order valence-electron chi connectivity index (χ2n) is 13.4. The van der Waals surface area contributed by atoms with E-state index in [-0.39, 0.29) is 5.41 Å². The van der Waals surface area contributed by atoms with E-state index >= 15 is 0 Å². The van der Waals surface area contributed by atoms with Gasteiger partial charge < -0.3 is 9.80 Å². The first-order valence-electron chi connectivity index (χ1n) is 16.2. The van der Waals surface area contributed by atoms with Gasteiger partial charge in [0, 0.05) is 44.0 Å². The van der Waals surface area contributed by atoms with E-state index in [0.29, 0.717) is 0 Å². The van der Waals surface area contributed by atoms with Crippen molar-refractivity contribution in [3.63, 3.8) is 0 Å². The molecule has 0 amide bonds. The fourth-order valence-corrected chi connectivity index (χ4v) is 7.04. The molecule has 0 radical (unpaired) electrons. The van der Waals surface area contributed by atoms with Crippen LogP contribution in [0.25, 0.3) is 22.9 Å². The summed E-state index contributed by atoms with van der Waals surface area (Å²) in [7, 11) is 0. The lowest BCUT2D eigenvalue weighted by Crippen LogP contribution is -2.37. The zero-order valence-corrected chi connectivity index (χ0v) is 27.1. The number of allylic oxidation sites excluding steroid dienone is 3. The Morgan fingerprint density at radius 3 is 1.49 bits per heavy atom. The summed E-state index contributed by atoms with van der Waals surface area (Å²) in [6, 6.07) is 35.8. The van der Waals surface area contributed by atoms with Crippen molar-refractivity contribution < 1.29 is 0 Å². The van der Waals surface area contributed by atoms with Crippen LogP contribution in [0.2, 0.25) is 0 Å². The Hall–Kier alpha value is -4.82. The first kappa shape index (κ1) is 28.9. The van der Waals surface area contributed by atoms with Crippen molar-refractivity contribution in [3.05, 3.63) is 148 Å². The molecule has 0 heterocycles. The summed E-state index contributed by atoms with van der Waals surface area (Å²) in [6.07, 6.45) is 15.2. The van der Waals surface area contributed by atoms with E-state index in [9.17, 15) is 0 Å². The topological polar surface area (TPSA) is 6.48 Å². The van der Waals surface area contributed by atoms with Crippen LogP contribution in [0.15, 0.2) is 121 Å². The summed E-state index contributed by atoms with van der Waals surface area (Å²) in [6.45, 7) is 11.2. The highest BCUT2D eigenvalue weighted by atomic mass is 15.2. The molecular formula is C43H42N2. The van der Waals surface area contributed by atoms with Gasteiger partial charge in [-0.05, 0) is 105 Å². The number of rotatable bonds is 6. The first-order chi connectivity index (χ1) is 21.8. The van der Waals surface area contributed by atoms with Crippen molar-refractivity contribution in [3.8, 4) is 0 Å². The summed E-state index contributed by atoms with van der Waals surface area (Å²) >= 11 is 0. The van der Waals surface area contributed by atoms with Gasteiger partial charge in [0.25, 0.3) is 0 Å². The van der Waals surface area contributed by atoms with Gasteiger partial charge in [-0.1, -0.05) is 98.8 Å². The molecule has 2 heteroatoms. The zero-order valence-electron chi connectivity index (χ0n) is 27.1. The van der Waals surface area contributed by atoms with Crippen molar-refractivity contribution in [1.29, 1.82) is 0 Å². The molecule has 7 rings (SSSR count). The van der Waals surface area contributed by atoms with Gasteiger partial charge in [-0.15, -0.1) is 0 Å². The third kappa shape index (κ3) is 5.51. The van der Waals surface area contributed by atoms with Crippen molar-refractivity contribution in [2.45, 2.75) is 53.9 Å². The highest BCUT2D eigenvalue weighted by Crippen LogP contribution is 2.43. The van der Waals surface area contributed by atoms with Crippen LogP contribution >= 0.6 is 0 Å². The minimum Gasteiger partial charge on any atom is -0.310 e. The highest BCUT2D eigenvalue weighted by Gasteiger charge is 2.27. The van der Waals surface area contributed by atoms with Crippen LogP contribution in [-0.4, -0.2) is 0 Å². The van der Waals surface area contributed by atoms with Crippen LogP contribution in [0.1, 0.15) is 49.8 Å². The Morgan fingerprint density at radius 2 is 1.02 bits per heavy atom. The van der Waals surface area contributed by atoms with E-state index in [2.05, 4.69) is 172 Å². The number of benzene rings is 5. The van der Waals surface area contributed by atoms with Gasteiger partial charge in [0.1, 0.15) is 0 Å². The second-order valence-corrected chi connectivity index (χ2v) is 13.4. The summed E-state index contributed by atoms with van der Waals surface area (Å²) in [5.74, 6) is 0. The molecule has 0 N–H and O–H groups in total. The number of fused-ring (bicyclic) bond motifs is 2. The van der Waals surface area contributed by atoms with E-state index in [1.54, 1.807) is 0 Å². The number of nitrogens with zero attached hydrogens (tertiary/aromatic N) is 2. The highest BCUT2D eigenvalue weighted by molar-refractivity contribution is 6.07. The summed E-state index contributed by atoms with van der Waals surface area (Å²) in [5, 5.41) is 5.11. The minimum absolute atomic E-state index is 0.0743. The SMILES string of the molecule is Cc1cccc(N(C2=CC(C)(C)CC=C2)c2c3c(c(N(c4cccc(C)c4)c4cccc(C)c4)c4ccccc24)=CCCC=3)c1. The molecule has 2 nitrogen and oxygen atoms in total. The summed E-state index contributed by atoms with van der Waals surface area (Å²) in [4.78, 5) is 5.01. The third-order valence-electron chi connectivity index (χ3n) is 9.06. The molecule has 0 fully saturated rings. The Kier molecular flexibility index (Phi) is 7.45. The lowest BCUT2D eigenvalue weighted by molar-refractivity contribution is 0.480. The third-order valence-corrected chi connectivity index (χ3v) is 9.06. The van der Waals surface area contributed by atoms with Crippen LogP contribution in [0, 0.1) is 26.2 Å². The standard InChI is InChI=1S/C43H42N2/c1-30-14-10-17-33(26-30)44(34-18-11-15-31(2)27-34)41-37-21-6-8-23-39(37)42(40-24-9-7-22-38(40)41)45(35-19-12-16-32(3)28-35)36-20-13-25-43(4,5)29-36/h6,8,10-24,26-29H,7,9,25H2,1-5H3. The van der Waals surface area contributed by atoms with E-state index in [1.165, 1.54) is 72.0 Å². The van der Waals surface area contributed by atoms with E-state index < -0.39 is 0 Å².